The fourth-order valence-electron chi connectivity index (χ4n) is 0.980. The average Bonchev–Trinajstić information content (AvgIpc) is 2.26. The first-order valence-corrected chi connectivity index (χ1v) is 3.58. The molecule has 0 saturated carbocycles. The summed E-state index contributed by atoms with van der Waals surface area (Å²) in [6.07, 6.45) is 3.78. The van der Waals surface area contributed by atoms with Gasteiger partial charge in [-0.2, -0.15) is 0 Å². The van der Waals surface area contributed by atoms with Crippen LogP contribution in [0, 0.1) is 0 Å². The van der Waals surface area contributed by atoms with Gasteiger partial charge in [0.05, 0.1) is 6.61 Å². The first-order valence-electron chi connectivity index (χ1n) is 3.58. The summed E-state index contributed by atoms with van der Waals surface area (Å²) in [6.45, 7) is 4.22. The highest BCUT2D eigenvalue weighted by Gasteiger charge is 2.30. The molecular formula is C8H12O3. The molecule has 0 aromatic carbocycles. The van der Waals surface area contributed by atoms with Crippen LogP contribution in [0.1, 0.15) is 13.8 Å². The van der Waals surface area contributed by atoms with Gasteiger partial charge in [-0.15, -0.1) is 0 Å². The molecule has 0 aliphatic carbocycles. The van der Waals surface area contributed by atoms with Crippen LogP contribution in [0.4, 0.5) is 0 Å². The molecule has 62 valence electrons. The second-order valence-electron chi connectivity index (χ2n) is 2.89. The van der Waals surface area contributed by atoms with E-state index in [9.17, 15) is 4.79 Å². The first kappa shape index (κ1) is 8.43. The number of hydrogen-bond acceptors (Lipinski definition) is 3. The van der Waals surface area contributed by atoms with Crippen molar-refractivity contribution < 1.29 is 14.3 Å². The van der Waals surface area contributed by atoms with Crippen LogP contribution in [0.3, 0.4) is 0 Å². The van der Waals surface area contributed by atoms with Crippen molar-refractivity contribution in [3.63, 3.8) is 0 Å². The van der Waals surface area contributed by atoms with E-state index < -0.39 is 5.79 Å². The Balaban J connectivity index is 2.42. The van der Waals surface area contributed by atoms with Crippen LogP contribution < -0.4 is 0 Å². The molecule has 1 saturated heterocycles. The maximum absolute atomic E-state index is 9.94. The van der Waals surface area contributed by atoms with Gasteiger partial charge in [0, 0.05) is 0 Å². The fraction of sp³-hybridized carbons (Fsp3) is 0.625. The lowest BCUT2D eigenvalue weighted by molar-refractivity contribution is -0.133. The topological polar surface area (TPSA) is 35.5 Å². The van der Waals surface area contributed by atoms with Crippen LogP contribution in [-0.4, -0.2) is 24.8 Å². The molecule has 0 amide bonds. The van der Waals surface area contributed by atoms with Gasteiger partial charge < -0.3 is 9.47 Å². The van der Waals surface area contributed by atoms with E-state index in [-0.39, 0.29) is 6.10 Å². The zero-order valence-corrected chi connectivity index (χ0v) is 6.74. The average molecular weight is 156 g/mol. The molecule has 3 nitrogen and oxygen atoms in total. The minimum absolute atomic E-state index is 0.0739. The Morgan fingerprint density at radius 1 is 1.55 bits per heavy atom. The third kappa shape index (κ3) is 2.44. The Morgan fingerprint density at radius 3 is 2.73 bits per heavy atom. The molecule has 0 bridgehead atoms. The first-order chi connectivity index (χ1) is 5.14. The molecule has 0 radical (unpaired) electrons. The number of rotatable bonds is 2. The van der Waals surface area contributed by atoms with E-state index >= 15 is 0 Å². The minimum atomic E-state index is -0.502. The van der Waals surface area contributed by atoms with E-state index in [0.29, 0.717) is 6.61 Å². The van der Waals surface area contributed by atoms with Gasteiger partial charge in [0.15, 0.2) is 5.79 Å². The number of carbonyl (C=O) groups excluding carboxylic acids is 1. The summed E-state index contributed by atoms with van der Waals surface area (Å²) >= 11 is 0. The van der Waals surface area contributed by atoms with Crippen molar-refractivity contribution in [2.24, 2.45) is 0 Å². The summed E-state index contributed by atoms with van der Waals surface area (Å²) in [5.41, 5.74) is 0. The van der Waals surface area contributed by atoms with Gasteiger partial charge >= 0.3 is 0 Å². The van der Waals surface area contributed by atoms with Gasteiger partial charge in [0.25, 0.3) is 0 Å². The maximum atomic E-state index is 9.94. The Bertz CT molecular complexity index is 172. The van der Waals surface area contributed by atoms with Crippen molar-refractivity contribution in [2.45, 2.75) is 25.7 Å². The molecule has 0 aromatic heterocycles. The molecule has 1 rings (SSSR count). The third-order valence-corrected chi connectivity index (χ3v) is 1.43. The highest BCUT2D eigenvalue weighted by molar-refractivity contribution is 5.64. The van der Waals surface area contributed by atoms with E-state index in [2.05, 4.69) is 0 Å². The van der Waals surface area contributed by atoms with E-state index in [0.717, 1.165) is 6.29 Å². The normalized spacial score (nSPS) is 29.5. The minimum Gasteiger partial charge on any atom is -0.347 e. The largest absolute Gasteiger partial charge is 0.347 e. The van der Waals surface area contributed by atoms with Crippen molar-refractivity contribution >= 4 is 6.29 Å². The van der Waals surface area contributed by atoms with E-state index in [1.54, 1.807) is 6.08 Å². The van der Waals surface area contributed by atoms with Gasteiger partial charge in [0.2, 0.25) is 0 Å². The van der Waals surface area contributed by atoms with Crippen LogP contribution in [0.15, 0.2) is 12.2 Å². The molecule has 1 aliphatic heterocycles. The quantitative estimate of drug-likeness (QED) is 0.440. The van der Waals surface area contributed by atoms with Crippen molar-refractivity contribution in [1.29, 1.82) is 0 Å². The summed E-state index contributed by atoms with van der Waals surface area (Å²) < 4.78 is 10.6. The number of allylic oxidation sites excluding steroid dienone is 1. The number of carbonyl (C=O) groups is 1. The highest BCUT2D eigenvalue weighted by Crippen LogP contribution is 2.22. The predicted octanol–water partition coefficient (Wildman–Crippen LogP) is 0.893. The van der Waals surface area contributed by atoms with Crippen LogP contribution in [0.2, 0.25) is 0 Å². The Morgan fingerprint density at radius 2 is 2.27 bits per heavy atom. The lowest BCUT2D eigenvalue weighted by Gasteiger charge is -2.15. The van der Waals surface area contributed by atoms with Crippen LogP contribution >= 0.6 is 0 Å². The molecular weight excluding hydrogens is 144 g/mol. The smallest absolute Gasteiger partial charge is 0.163 e. The zero-order valence-electron chi connectivity index (χ0n) is 6.74. The lowest BCUT2D eigenvalue weighted by Crippen LogP contribution is -2.20. The fourth-order valence-corrected chi connectivity index (χ4v) is 0.980. The van der Waals surface area contributed by atoms with Crippen molar-refractivity contribution in [1.82, 2.24) is 0 Å². The van der Waals surface area contributed by atoms with Crippen LogP contribution in [0.5, 0.6) is 0 Å². The summed E-state index contributed by atoms with van der Waals surface area (Å²) in [4.78, 5) is 9.94. The van der Waals surface area contributed by atoms with E-state index in [4.69, 9.17) is 9.47 Å². The molecule has 1 aliphatic rings. The third-order valence-electron chi connectivity index (χ3n) is 1.43. The van der Waals surface area contributed by atoms with Crippen molar-refractivity contribution in [3.8, 4) is 0 Å². The number of aldehydes is 1. The second kappa shape index (κ2) is 3.15. The summed E-state index contributed by atoms with van der Waals surface area (Å²) in [5, 5.41) is 0. The molecule has 1 atom stereocenters. The van der Waals surface area contributed by atoms with Gasteiger partial charge in [-0.3, -0.25) is 4.79 Å². The Kier molecular flexibility index (Phi) is 2.42. The Hall–Kier alpha value is -0.670. The molecule has 11 heavy (non-hydrogen) atoms. The standard InChI is InChI=1S/C8H12O3/c1-8(2)10-6-7(11-8)4-3-5-9/h3-5,7H,6H2,1-2H3/b4-3+. The summed E-state index contributed by atoms with van der Waals surface area (Å²) in [7, 11) is 0. The van der Waals surface area contributed by atoms with E-state index in [1.165, 1.54) is 6.08 Å². The van der Waals surface area contributed by atoms with Crippen molar-refractivity contribution in [3.05, 3.63) is 12.2 Å². The van der Waals surface area contributed by atoms with Gasteiger partial charge in [-0.1, -0.05) is 6.08 Å². The van der Waals surface area contributed by atoms with Crippen LogP contribution in [0.25, 0.3) is 0 Å². The SMILES string of the molecule is CC1(C)OCC(/C=C/C=O)O1. The monoisotopic (exact) mass is 156 g/mol. The molecule has 0 N–H and O–H groups in total. The lowest BCUT2D eigenvalue weighted by atomic mass is 10.3. The molecule has 0 aromatic rings. The van der Waals surface area contributed by atoms with Gasteiger partial charge in [-0.25, -0.2) is 0 Å². The molecule has 1 fully saturated rings. The van der Waals surface area contributed by atoms with Gasteiger partial charge in [0.1, 0.15) is 12.4 Å². The molecule has 0 spiro atoms. The summed E-state index contributed by atoms with van der Waals surface area (Å²) in [5.74, 6) is -0.502. The summed E-state index contributed by atoms with van der Waals surface area (Å²) in [6, 6.07) is 0. The second-order valence-corrected chi connectivity index (χ2v) is 2.89. The van der Waals surface area contributed by atoms with Crippen molar-refractivity contribution in [2.75, 3.05) is 6.61 Å². The maximum Gasteiger partial charge on any atom is 0.163 e. The molecule has 1 heterocycles. The Labute approximate surface area is 66.0 Å². The molecule has 3 heteroatoms. The van der Waals surface area contributed by atoms with Crippen LogP contribution in [-0.2, 0) is 14.3 Å². The number of ether oxygens (including phenoxy) is 2. The predicted molar refractivity (Wildman–Crippen MR) is 40.1 cm³/mol. The van der Waals surface area contributed by atoms with Gasteiger partial charge in [-0.05, 0) is 19.9 Å². The number of hydrogen-bond donors (Lipinski definition) is 0. The highest BCUT2D eigenvalue weighted by atomic mass is 16.7. The van der Waals surface area contributed by atoms with E-state index in [1.807, 2.05) is 13.8 Å². The zero-order chi connectivity index (χ0) is 8.32. The molecule has 1 unspecified atom stereocenters.